The summed E-state index contributed by atoms with van der Waals surface area (Å²) in [6, 6.07) is 0. The quantitative estimate of drug-likeness (QED) is 0.719. The first-order valence-corrected chi connectivity index (χ1v) is 7.04. The second-order valence-electron chi connectivity index (χ2n) is 5.20. The maximum Gasteiger partial charge on any atom is 0.128 e. The standard InChI is InChI=1S/C15H24ClNO/c1-10(2)13(16)7-6-8-14-12(4)15(18-5)11(3)9-17-14/h9-10,13H,6-8H2,1-5H3. The molecule has 0 aliphatic rings. The maximum atomic E-state index is 6.26. The van der Waals surface area contributed by atoms with Crippen molar-refractivity contribution in [2.75, 3.05) is 7.11 Å². The monoisotopic (exact) mass is 269 g/mol. The molecule has 102 valence electrons. The molecule has 1 rings (SSSR count). The lowest BCUT2D eigenvalue weighted by Crippen LogP contribution is -2.08. The third kappa shape index (κ3) is 3.88. The van der Waals surface area contributed by atoms with Crippen molar-refractivity contribution in [2.24, 2.45) is 5.92 Å². The summed E-state index contributed by atoms with van der Waals surface area (Å²) in [6.45, 7) is 8.43. The molecule has 18 heavy (non-hydrogen) atoms. The van der Waals surface area contributed by atoms with Crippen molar-refractivity contribution < 1.29 is 4.74 Å². The summed E-state index contributed by atoms with van der Waals surface area (Å²) < 4.78 is 5.42. The SMILES string of the molecule is COc1c(C)cnc(CCCC(Cl)C(C)C)c1C. The zero-order chi connectivity index (χ0) is 13.7. The molecule has 1 unspecified atom stereocenters. The summed E-state index contributed by atoms with van der Waals surface area (Å²) in [7, 11) is 1.71. The zero-order valence-electron chi connectivity index (χ0n) is 12.1. The van der Waals surface area contributed by atoms with Gasteiger partial charge in [0, 0.05) is 28.4 Å². The molecule has 2 nitrogen and oxygen atoms in total. The lowest BCUT2D eigenvalue weighted by atomic mass is 10.0. The van der Waals surface area contributed by atoms with Crippen LogP contribution in [-0.2, 0) is 6.42 Å². The van der Waals surface area contributed by atoms with Gasteiger partial charge in [-0.3, -0.25) is 4.98 Å². The fraction of sp³-hybridized carbons (Fsp3) is 0.667. The third-order valence-electron chi connectivity index (χ3n) is 3.37. The van der Waals surface area contributed by atoms with Gasteiger partial charge in [-0.25, -0.2) is 0 Å². The van der Waals surface area contributed by atoms with Crippen LogP contribution >= 0.6 is 11.6 Å². The second kappa shape index (κ2) is 6.98. The van der Waals surface area contributed by atoms with E-state index in [1.807, 2.05) is 13.1 Å². The van der Waals surface area contributed by atoms with Crippen LogP contribution in [0.1, 0.15) is 43.5 Å². The molecule has 0 aliphatic carbocycles. The predicted molar refractivity (Wildman–Crippen MR) is 77.7 cm³/mol. The Morgan fingerprint density at radius 1 is 1.33 bits per heavy atom. The molecule has 1 aromatic rings. The minimum atomic E-state index is 0.262. The van der Waals surface area contributed by atoms with Gasteiger partial charge in [0.1, 0.15) is 5.75 Å². The van der Waals surface area contributed by atoms with Crippen molar-refractivity contribution in [1.82, 2.24) is 4.98 Å². The van der Waals surface area contributed by atoms with Crippen LogP contribution < -0.4 is 4.74 Å². The van der Waals surface area contributed by atoms with E-state index >= 15 is 0 Å². The van der Waals surface area contributed by atoms with Gasteiger partial charge in [0.05, 0.1) is 7.11 Å². The molecule has 0 aliphatic heterocycles. The van der Waals surface area contributed by atoms with Crippen LogP contribution in [0.15, 0.2) is 6.20 Å². The number of methoxy groups -OCH3 is 1. The van der Waals surface area contributed by atoms with E-state index in [4.69, 9.17) is 16.3 Å². The Morgan fingerprint density at radius 3 is 2.56 bits per heavy atom. The van der Waals surface area contributed by atoms with E-state index in [0.717, 1.165) is 41.8 Å². The number of aromatic nitrogens is 1. The van der Waals surface area contributed by atoms with Crippen LogP contribution in [0.25, 0.3) is 0 Å². The molecule has 0 amide bonds. The molecule has 1 aromatic heterocycles. The molecular weight excluding hydrogens is 246 g/mol. The Hall–Kier alpha value is -0.760. The van der Waals surface area contributed by atoms with Crippen molar-refractivity contribution >= 4 is 11.6 Å². The number of pyridine rings is 1. The molecule has 0 saturated heterocycles. The molecule has 0 bridgehead atoms. The van der Waals surface area contributed by atoms with Gasteiger partial charge < -0.3 is 4.74 Å². The summed E-state index contributed by atoms with van der Waals surface area (Å²) in [5.41, 5.74) is 3.38. The largest absolute Gasteiger partial charge is 0.496 e. The smallest absolute Gasteiger partial charge is 0.128 e. The van der Waals surface area contributed by atoms with Crippen molar-refractivity contribution in [3.8, 4) is 5.75 Å². The number of ether oxygens (including phenoxy) is 1. The van der Waals surface area contributed by atoms with Crippen molar-refractivity contribution in [3.63, 3.8) is 0 Å². The van der Waals surface area contributed by atoms with Gasteiger partial charge in [0.2, 0.25) is 0 Å². The van der Waals surface area contributed by atoms with Crippen LogP contribution in [0.2, 0.25) is 0 Å². The van der Waals surface area contributed by atoms with Gasteiger partial charge in [-0.15, -0.1) is 11.6 Å². The molecular formula is C15H24ClNO. The van der Waals surface area contributed by atoms with Crippen molar-refractivity contribution in [2.45, 2.75) is 52.3 Å². The highest BCUT2D eigenvalue weighted by Gasteiger charge is 2.12. The molecule has 0 aromatic carbocycles. The second-order valence-corrected chi connectivity index (χ2v) is 5.76. The molecule has 0 N–H and O–H groups in total. The van der Waals surface area contributed by atoms with E-state index in [1.165, 1.54) is 0 Å². The molecule has 1 atom stereocenters. The topological polar surface area (TPSA) is 22.1 Å². The van der Waals surface area contributed by atoms with Gasteiger partial charge in [0.15, 0.2) is 0 Å². The summed E-state index contributed by atoms with van der Waals surface area (Å²) >= 11 is 6.26. The van der Waals surface area contributed by atoms with Crippen molar-refractivity contribution in [3.05, 3.63) is 23.0 Å². The number of hydrogen-bond donors (Lipinski definition) is 0. The Bertz CT molecular complexity index is 390. The highest BCUT2D eigenvalue weighted by atomic mass is 35.5. The fourth-order valence-corrected chi connectivity index (χ4v) is 2.28. The molecule has 1 heterocycles. The van der Waals surface area contributed by atoms with Crippen molar-refractivity contribution in [1.29, 1.82) is 0 Å². The van der Waals surface area contributed by atoms with Gasteiger partial charge in [-0.1, -0.05) is 13.8 Å². The van der Waals surface area contributed by atoms with E-state index in [-0.39, 0.29) is 5.38 Å². The first-order chi connectivity index (χ1) is 8.47. The minimum Gasteiger partial charge on any atom is -0.496 e. The Kier molecular flexibility index (Phi) is 5.94. The molecule has 0 saturated carbocycles. The molecule has 0 spiro atoms. The fourth-order valence-electron chi connectivity index (χ4n) is 2.12. The number of nitrogens with zero attached hydrogens (tertiary/aromatic N) is 1. The van der Waals surface area contributed by atoms with Crippen LogP contribution in [0.5, 0.6) is 5.75 Å². The Balaban J connectivity index is 2.63. The minimum absolute atomic E-state index is 0.262. The lowest BCUT2D eigenvalue weighted by Gasteiger charge is -2.14. The predicted octanol–water partition coefficient (Wildman–Crippen LogP) is 4.29. The number of alkyl halides is 1. The number of halogens is 1. The number of hydrogen-bond acceptors (Lipinski definition) is 2. The highest BCUT2D eigenvalue weighted by Crippen LogP contribution is 2.25. The normalized spacial score (nSPS) is 12.8. The first-order valence-electron chi connectivity index (χ1n) is 6.60. The van der Waals surface area contributed by atoms with E-state index < -0.39 is 0 Å². The third-order valence-corrected chi connectivity index (χ3v) is 4.09. The average Bonchev–Trinajstić information content (AvgIpc) is 2.32. The van der Waals surface area contributed by atoms with E-state index in [0.29, 0.717) is 5.92 Å². The summed E-state index contributed by atoms with van der Waals surface area (Å²) in [4.78, 5) is 4.51. The van der Waals surface area contributed by atoms with Crippen LogP contribution in [0, 0.1) is 19.8 Å². The van der Waals surface area contributed by atoms with Crippen LogP contribution in [0.4, 0.5) is 0 Å². The Morgan fingerprint density at radius 2 is 2.00 bits per heavy atom. The summed E-state index contributed by atoms with van der Waals surface area (Å²) in [5, 5.41) is 0.262. The lowest BCUT2D eigenvalue weighted by molar-refractivity contribution is 0.406. The summed E-state index contributed by atoms with van der Waals surface area (Å²) in [5.74, 6) is 1.50. The van der Waals surface area contributed by atoms with E-state index in [1.54, 1.807) is 7.11 Å². The first kappa shape index (κ1) is 15.3. The molecule has 3 heteroatoms. The maximum absolute atomic E-state index is 6.26. The van der Waals surface area contributed by atoms with E-state index in [2.05, 4.69) is 25.8 Å². The summed E-state index contributed by atoms with van der Waals surface area (Å²) in [6.07, 6.45) is 4.98. The molecule has 0 radical (unpaired) electrons. The van der Waals surface area contributed by atoms with Gasteiger partial charge in [0.25, 0.3) is 0 Å². The Labute approximate surface area is 116 Å². The number of rotatable bonds is 6. The number of aryl methyl sites for hydroxylation is 2. The van der Waals surface area contributed by atoms with E-state index in [9.17, 15) is 0 Å². The van der Waals surface area contributed by atoms with Crippen LogP contribution in [-0.4, -0.2) is 17.5 Å². The average molecular weight is 270 g/mol. The van der Waals surface area contributed by atoms with Crippen LogP contribution in [0.3, 0.4) is 0 Å². The van der Waals surface area contributed by atoms with Gasteiger partial charge >= 0.3 is 0 Å². The zero-order valence-corrected chi connectivity index (χ0v) is 12.8. The van der Waals surface area contributed by atoms with Gasteiger partial charge in [-0.2, -0.15) is 0 Å². The van der Waals surface area contributed by atoms with Gasteiger partial charge in [-0.05, 0) is 39.0 Å². The molecule has 0 fully saturated rings. The highest BCUT2D eigenvalue weighted by molar-refractivity contribution is 6.20.